The number of ether oxygens (including phenoxy) is 2. The van der Waals surface area contributed by atoms with Crippen molar-refractivity contribution in [1.82, 2.24) is 5.32 Å². The van der Waals surface area contributed by atoms with E-state index in [0.717, 1.165) is 12.1 Å². The van der Waals surface area contributed by atoms with Crippen LogP contribution in [0, 0.1) is 5.92 Å². The molecule has 25 heavy (non-hydrogen) atoms. The Labute approximate surface area is 147 Å². The Hall–Kier alpha value is -2.41. The maximum atomic E-state index is 12.2. The van der Waals surface area contributed by atoms with Crippen LogP contribution < -0.4 is 10.2 Å². The summed E-state index contributed by atoms with van der Waals surface area (Å²) in [5.41, 5.74) is 1.96. The van der Waals surface area contributed by atoms with Crippen LogP contribution in [0.15, 0.2) is 24.3 Å². The summed E-state index contributed by atoms with van der Waals surface area (Å²) in [6, 6.07) is 7.71. The van der Waals surface area contributed by atoms with Crippen molar-refractivity contribution in [2.75, 3.05) is 38.3 Å². The number of aryl methyl sites for hydroxylation is 1. The third-order valence-corrected chi connectivity index (χ3v) is 4.09. The number of benzene rings is 1. The maximum Gasteiger partial charge on any atom is 0.311 e. The molecule has 1 heterocycles. The molecule has 1 aliphatic heterocycles. The molecule has 0 radical (unpaired) electrons. The van der Waals surface area contributed by atoms with E-state index in [2.05, 4.69) is 12.2 Å². The lowest BCUT2D eigenvalue weighted by atomic mass is 10.1. The molecule has 0 bridgehead atoms. The highest BCUT2D eigenvalue weighted by Gasteiger charge is 2.36. The molecule has 0 aromatic heterocycles. The molecule has 1 fully saturated rings. The Kier molecular flexibility index (Phi) is 6.94. The molecule has 0 spiro atoms. The topological polar surface area (TPSA) is 84.9 Å². The van der Waals surface area contributed by atoms with Crippen LogP contribution in [0.25, 0.3) is 0 Å². The highest BCUT2D eigenvalue weighted by atomic mass is 16.5. The number of hydrogen-bond donors (Lipinski definition) is 1. The van der Waals surface area contributed by atoms with Crippen LogP contribution in [0.5, 0.6) is 0 Å². The Morgan fingerprint density at radius 1 is 1.28 bits per heavy atom. The van der Waals surface area contributed by atoms with Gasteiger partial charge < -0.3 is 19.7 Å². The van der Waals surface area contributed by atoms with Crippen molar-refractivity contribution in [2.24, 2.45) is 5.92 Å². The number of anilines is 1. The molecule has 1 aliphatic rings. The molecule has 1 atom stereocenters. The predicted octanol–water partition coefficient (Wildman–Crippen LogP) is 0.908. The number of methoxy groups -OCH3 is 1. The first-order valence-electron chi connectivity index (χ1n) is 8.36. The van der Waals surface area contributed by atoms with Gasteiger partial charge in [0, 0.05) is 32.3 Å². The van der Waals surface area contributed by atoms with Crippen LogP contribution >= 0.6 is 0 Å². The zero-order valence-electron chi connectivity index (χ0n) is 14.6. The summed E-state index contributed by atoms with van der Waals surface area (Å²) >= 11 is 0. The summed E-state index contributed by atoms with van der Waals surface area (Å²) in [5.74, 6) is -1.58. The smallest absolute Gasteiger partial charge is 0.311 e. The van der Waals surface area contributed by atoms with Gasteiger partial charge in [0.25, 0.3) is 5.91 Å². The van der Waals surface area contributed by atoms with Crippen molar-refractivity contribution in [3.8, 4) is 0 Å². The fraction of sp³-hybridized carbons (Fsp3) is 0.500. The number of carbonyl (C=O) groups excluding carboxylic acids is 3. The first-order chi connectivity index (χ1) is 12.0. The molecule has 2 rings (SSSR count). The van der Waals surface area contributed by atoms with Crippen molar-refractivity contribution in [3.63, 3.8) is 0 Å². The van der Waals surface area contributed by atoms with Gasteiger partial charge in [-0.1, -0.05) is 19.1 Å². The molecule has 1 aromatic carbocycles. The first-order valence-corrected chi connectivity index (χ1v) is 8.36. The van der Waals surface area contributed by atoms with E-state index in [4.69, 9.17) is 9.47 Å². The molecule has 1 saturated heterocycles. The number of amides is 2. The van der Waals surface area contributed by atoms with E-state index < -0.39 is 11.9 Å². The van der Waals surface area contributed by atoms with Crippen molar-refractivity contribution in [1.29, 1.82) is 0 Å². The minimum atomic E-state index is -0.551. The number of rotatable bonds is 8. The van der Waals surface area contributed by atoms with Gasteiger partial charge in [-0.25, -0.2) is 0 Å². The lowest BCUT2D eigenvalue weighted by Crippen LogP contribution is -2.33. The largest absolute Gasteiger partial charge is 0.455 e. The molecule has 7 nitrogen and oxygen atoms in total. The second-order valence-corrected chi connectivity index (χ2v) is 5.88. The third kappa shape index (κ3) is 5.29. The fourth-order valence-electron chi connectivity index (χ4n) is 2.62. The van der Waals surface area contributed by atoms with Crippen LogP contribution in [0.4, 0.5) is 5.69 Å². The van der Waals surface area contributed by atoms with Crippen LogP contribution in [0.1, 0.15) is 18.9 Å². The zero-order chi connectivity index (χ0) is 18.2. The molecule has 136 valence electrons. The van der Waals surface area contributed by atoms with Gasteiger partial charge in [0.2, 0.25) is 5.91 Å². The van der Waals surface area contributed by atoms with Gasteiger partial charge in [0.1, 0.15) is 0 Å². The fourth-order valence-corrected chi connectivity index (χ4v) is 2.62. The highest BCUT2D eigenvalue weighted by Crippen LogP contribution is 2.26. The normalized spacial score (nSPS) is 16.8. The molecule has 0 saturated carbocycles. The van der Waals surface area contributed by atoms with Gasteiger partial charge in [0.15, 0.2) is 6.61 Å². The minimum absolute atomic E-state index is 0.0969. The molecule has 1 aromatic rings. The SMILES string of the molecule is CCc1ccc(N2C[C@H](C(=O)OCC(=O)NCCOC)CC2=O)cc1. The number of esters is 1. The van der Waals surface area contributed by atoms with Gasteiger partial charge >= 0.3 is 5.97 Å². The lowest BCUT2D eigenvalue weighted by molar-refractivity contribution is -0.152. The van der Waals surface area contributed by atoms with Gasteiger partial charge in [-0.05, 0) is 24.1 Å². The van der Waals surface area contributed by atoms with E-state index in [1.807, 2.05) is 24.3 Å². The Morgan fingerprint density at radius 3 is 2.64 bits per heavy atom. The Morgan fingerprint density at radius 2 is 2.00 bits per heavy atom. The lowest BCUT2D eigenvalue weighted by Gasteiger charge is -2.17. The second-order valence-electron chi connectivity index (χ2n) is 5.88. The van der Waals surface area contributed by atoms with Crippen molar-refractivity contribution in [2.45, 2.75) is 19.8 Å². The highest BCUT2D eigenvalue weighted by molar-refractivity contribution is 5.99. The van der Waals surface area contributed by atoms with Crippen molar-refractivity contribution in [3.05, 3.63) is 29.8 Å². The van der Waals surface area contributed by atoms with E-state index in [9.17, 15) is 14.4 Å². The van der Waals surface area contributed by atoms with Crippen LogP contribution in [0.3, 0.4) is 0 Å². The molecular weight excluding hydrogens is 324 g/mol. The summed E-state index contributed by atoms with van der Waals surface area (Å²) in [6.07, 6.45) is 1.02. The van der Waals surface area contributed by atoms with E-state index in [1.54, 1.807) is 4.90 Å². The summed E-state index contributed by atoms with van der Waals surface area (Å²) in [5, 5.41) is 2.57. The number of nitrogens with one attached hydrogen (secondary N) is 1. The molecule has 1 N–H and O–H groups in total. The Bertz CT molecular complexity index is 614. The monoisotopic (exact) mass is 348 g/mol. The average Bonchev–Trinajstić information content (AvgIpc) is 3.02. The van der Waals surface area contributed by atoms with Gasteiger partial charge in [-0.15, -0.1) is 0 Å². The summed E-state index contributed by atoms with van der Waals surface area (Å²) in [6.45, 7) is 2.74. The van der Waals surface area contributed by atoms with E-state index in [0.29, 0.717) is 13.2 Å². The van der Waals surface area contributed by atoms with Crippen molar-refractivity contribution >= 4 is 23.5 Å². The molecule has 0 unspecified atom stereocenters. The van der Waals surface area contributed by atoms with E-state index >= 15 is 0 Å². The summed E-state index contributed by atoms with van der Waals surface area (Å²) in [7, 11) is 1.53. The zero-order valence-corrected chi connectivity index (χ0v) is 14.6. The molecular formula is C18H24N2O5. The average molecular weight is 348 g/mol. The molecule has 0 aliphatic carbocycles. The standard InChI is InChI=1S/C18H24N2O5/c1-3-13-4-6-15(7-5-13)20-11-14(10-17(20)22)18(23)25-12-16(21)19-8-9-24-2/h4-7,14H,3,8-12H2,1-2H3,(H,19,21)/t14-/m1/s1. The molecule has 7 heteroatoms. The summed E-state index contributed by atoms with van der Waals surface area (Å²) in [4.78, 5) is 37.4. The first kappa shape index (κ1) is 18.9. The maximum absolute atomic E-state index is 12.2. The predicted molar refractivity (Wildman–Crippen MR) is 92.1 cm³/mol. The van der Waals surface area contributed by atoms with E-state index in [-0.39, 0.29) is 31.4 Å². The number of hydrogen-bond acceptors (Lipinski definition) is 5. The number of nitrogens with zero attached hydrogens (tertiary/aromatic N) is 1. The van der Waals surface area contributed by atoms with Crippen molar-refractivity contribution < 1.29 is 23.9 Å². The Balaban J connectivity index is 1.84. The summed E-state index contributed by atoms with van der Waals surface area (Å²) < 4.78 is 9.83. The van der Waals surface area contributed by atoms with Crippen LogP contribution in [-0.4, -0.2) is 51.2 Å². The van der Waals surface area contributed by atoms with Crippen LogP contribution in [-0.2, 0) is 30.3 Å². The number of carbonyl (C=O) groups is 3. The second kappa shape index (κ2) is 9.17. The minimum Gasteiger partial charge on any atom is -0.455 e. The van der Waals surface area contributed by atoms with Gasteiger partial charge in [-0.2, -0.15) is 0 Å². The van der Waals surface area contributed by atoms with Crippen LogP contribution in [0.2, 0.25) is 0 Å². The quantitative estimate of drug-likeness (QED) is 0.557. The van der Waals surface area contributed by atoms with Gasteiger partial charge in [-0.3, -0.25) is 14.4 Å². The third-order valence-electron chi connectivity index (χ3n) is 4.09. The molecule has 2 amide bonds. The van der Waals surface area contributed by atoms with E-state index in [1.165, 1.54) is 12.7 Å². The van der Waals surface area contributed by atoms with Gasteiger partial charge in [0.05, 0.1) is 12.5 Å².